The molecule has 0 saturated heterocycles. The zero-order valence-electron chi connectivity index (χ0n) is 6.97. The van der Waals surface area contributed by atoms with Crippen LogP contribution in [-0.2, 0) is 0 Å². The molecule has 0 saturated carbocycles. The molecule has 1 heterocycles. The number of rotatable bonds is 1. The van der Waals surface area contributed by atoms with Gasteiger partial charge < -0.3 is 10.5 Å². The standard InChI is InChI=1S/C8H8BrN3O/c1-13-4-2-5-7(6(9)3-4)11-12-8(5)10/h2-3H,1H3,(H3,10,11,12). The number of anilines is 1. The van der Waals surface area contributed by atoms with Gasteiger partial charge in [0.1, 0.15) is 5.75 Å². The van der Waals surface area contributed by atoms with Gasteiger partial charge in [0.05, 0.1) is 12.6 Å². The highest BCUT2D eigenvalue weighted by atomic mass is 79.9. The number of hydrogen-bond acceptors (Lipinski definition) is 3. The fraction of sp³-hybridized carbons (Fsp3) is 0.125. The molecule has 0 radical (unpaired) electrons. The minimum Gasteiger partial charge on any atom is -0.497 e. The largest absolute Gasteiger partial charge is 0.497 e. The van der Waals surface area contributed by atoms with Gasteiger partial charge in [0.15, 0.2) is 5.82 Å². The van der Waals surface area contributed by atoms with Crippen LogP contribution in [-0.4, -0.2) is 17.3 Å². The Morgan fingerprint density at radius 3 is 3.00 bits per heavy atom. The first-order chi connectivity index (χ1) is 6.22. The zero-order chi connectivity index (χ0) is 9.42. The second-order valence-electron chi connectivity index (χ2n) is 2.64. The number of nitrogens with zero attached hydrogens (tertiary/aromatic N) is 1. The highest BCUT2D eigenvalue weighted by molar-refractivity contribution is 9.10. The van der Waals surface area contributed by atoms with Crippen molar-refractivity contribution in [1.29, 1.82) is 0 Å². The molecule has 0 aliphatic heterocycles. The smallest absolute Gasteiger partial charge is 0.153 e. The molecule has 1 aromatic carbocycles. The molecule has 68 valence electrons. The maximum atomic E-state index is 5.65. The second kappa shape index (κ2) is 2.92. The van der Waals surface area contributed by atoms with E-state index in [9.17, 15) is 0 Å². The van der Waals surface area contributed by atoms with E-state index in [0.717, 1.165) is 21.1 Å². The van der Waals surface area contributed by atoms with Crippen LogP contribution in [0.25, 0.3) is 10.9 Å². The lowest BCUT2D eigenvalue weighted by atomic mass is 10.2. The maximum absolute atomic E-state index is 5.65. The molecule has 3 N–H and O–H groups in total. The number of ether oxygens (including phenoxy) is 1. The summed E-state index contributed by atoms with van der Waals surface area (Å²) in [4.78, 5) is 0. The predicted molar refractivity (Wildman–Crippen MR) is 54.8 cm³/mol. The van der Waals surface area contributed by atoms with Crippen LogP contribution in [0.3, 0.4) is 0 Å². The van der Waals surface area contributed by atoms with Gasteiger partial charge in [-0.05, 0) is 28.1 Å². The number of hydrogen-bond donors (Lipinski definition) is 2. The third kappa shape index (κ3) is 1.25. The quantitative estimate of drug-likeness (QED) is 0.802. The summed E-state index contributed by atoms with van der Waals surface area (Å²) in [5, 5.41) is 7.60. The van der Waals surface area contributed by atoms with E-state index in [1.165, 1.54) is 0 Å². The fourth-order valence-corrected chi connectivity index (χ4v) is 1.72. The molecule has 0 aliphatic rings. The monoisotopic (exact) mass is 241 g/mol. The number of nitrogens with two attached hydrogens (primary N) is 1. The van der Waals surface area contributed by atoms with E-state index < -0.39 is 0 Å². The van der Waals surface area contributed by atoms with Crippen LogP contribution in [0.2, 0.25) is 0 Å². The Kier molecular flexibility index (Phi) is 1.88. The van der Waals surface area contributed by atoms with E-state index in [1.807, 2.05) is 12.1 Å². The first-order valence-electron chi connectivity index (χ1n) is 3.69. The number of methoxy groups -OCH3 is 1. The van der Waals surface area contributed by atoms with Crippen molar-refractivity contribution in [3.63, 3.8) is 0 Å². The number of aromatic nitrogens is 2. The molecule has 4 nitrogen and oxygen atoms in total. The Bertz CT molecular complexity index is 452. The van der Waals surface area contributed by atoms with Crippen molar-refractivity contribution < 1.29 is 4.74 Å². The first-order valence-corrected chi connectivity index (χ1v) is 4.48. The van der Waals surface area contributed by atoms with Crippen LogP contribution in [0.1, 0.15) is 0 Å². The van der Waals surface area contributed by atoms with Gasteiger partial charge in [-0.15, -0.1) is 0 Å². The van der Waals surface area contributed by atoms with Crippen molar-refractivity contribution >= 4 is 32.7 Å². The highest BCUT2D eigenvalue weighted by Crippen LogP contribution is 2.30. The number of benzene rings is 1. The minimum atomic E-state index is 0.481. The molecule has 2 aromatic rings. The average molecular weight is 242 g/mol. The minimum absolute atomic E-state index is 0.481. The van der Waals surface area contributed by atoms with Crippen molar-refractivity contribution in [3.8, 4) is 5.75 Å². The van der Waals surface area contributed by atoms with Crippen molar-refractivity contribution in [1.82, 2.24) is 10.2 Å². The van der Waals surface area contributed by atoms with Crippen molar-refractivity contribution in [2.24, 2.45) is 0 Å². The zero-order valence-corrected chi connectivity index (χ0v) is 8.55. The lowest BCUT2D eigenvalue weighted by molar-refractivity contribution is 0.415. The molecule has 0 unspecified atom stereocenters. The highest BCUT2D eigenvalue weighted by Gasteiger charge is 2.07. The van der Waals surface area contributed by atoms with E-state index in [2.05, 4.69) is 26.1 Å². The average Bonchev–Trinajstić information content (AvgIpc) is 2.48. The molecular formula is C8H8BrN3O. The van der Waals surface area contributed by atoms with Crippen molar-refractivity contribution in [2.45, 2.75) is 0 Å². The maximum Gasteiger partial charge on any atom is 0.153 e. The summed E-state index contributed by atoms with van der Waals surface area (Å²) >= 11 is 3.40. The van der Waals surface area contributed by atoms with E-state index in [0.29, 0.717) is 5.82 Å². The normalized spacial score (nSPS) is 10.6. The summed E-state index contributed by atoms with van der Waals surface area (Å²) in [7, 11) is 1.61. The van der Waals surface area contributed by atoms with Gasteiger partial charge in [-0.1, -0.05) is 0 Å². The Morgan fingerprint density at radius 1 is 1.54 bits per heavy atom. The predicted octanol–water partition coefficient (Wildman–Crippen LogP) is 1.92. The van der Waals surface area contributed by atoms with Crippen LogP contribution in [0.4, 0.5) is 5.82 Å². The number of nitrogens with one attached hydrogen (secondary N) is 1. The van der Waals surface area contributed by atoms with Gasteiger partial charge in [0, 0.05) is 9.86 Å². The Hall–Kier alpha value is -1.23. The lowest BCUT2D eigenvalue weighted by Gasteiger charge is -2.00. The number of H-pyrrole nitrogens is 1. The fourth-order valence-electron chi connectivity index (χ4n) is 1.19. The SMILES string of the molecule is COc1cc(Br)c2[nH]nc(N)c2c1. The molecule has 0 atom stereocenters. The molecule has 0 spiro atoms. The molecule has 0 fully saturated rings. The van der Waals surface area contributed by atoms with E-state index >= 15 is 0 Å². The third-order valence-electron chi connectivity index (χ3n) is 1.86. The van der Waals surface area contributed by atoms with Gasteiger partial charge in [-0.25, -0.2) is 0 Å². The van der Waals surface area contributed by atoms with Crippen LogP contribution in [0.5, 0.6) is 5.75 Å². The van der Waals surface area contributed by atoms with Gasteiger partial charge in [0.2, 0.25) is 0 Å². The summed E-state index contributed by atoms with van der Waals surface area (Å²) in [6.07, 6.45) is 0. The number of halogens is 1. The summed E-state index contributed by atoms with van der Waals surface area (Å²) < 4.78 is 5.99. The van der Waals surface area contributed by atoms with E-state index in [1.54, 1.807) is 7.11 Å². The van der Waals surface area contributed by atoms with Gasteiger partial charge in [-0.3, -0.25) is 5.10 Å². The summed E-state index contributed by atoms with van der Waals surface area (Å²) in [5.74, 6) is 1.24. The van der Waals surface area contributed by atoms with Crippen molar-refractivity contribution in [3.05, 3.63) is 16.6 Å². The summed E-state index contributed by atoms with van der Waals surface area (Å²) in [6, 6.07) is 3.71. The van der Waals surface area contributed by atoms with Crippen LogP contribution < -0.4 is 10.5 Å². The summed E-state index contributed by atoms with van der Waals surface area (Å²) in [5.41, 5.74) is 6.54. The van der Waals surface area contributed by atoms with E-state index in [-0.39, 0.29) is 0 Å². The molecular weight excluding hydrogens is 234 g/mol. The molecule has 13 heavy (non-hydrogen) atoms. The molecule has 0 bridgehead atoms. The molecule has 5 heteroatoms. The molecule has 2 rings (SSSR count). The molecule has 1 aromatic heterocycles. The first kappa shape index (κ1) is 8.37. The number of aromatic amines is 1. The van der Waals surface area contributed by atoms with Gasteiger partial charge >= 0.3 is 0 Å². The van der Waals surface area contributed by atoms with E-state index in [4.69, 9.17) is 10.5 Å². The lowest BCUT2D eigenvalue weighted by Crippen LogP contribution is -1.85. The molecule has 0 aliphatic carbocycles. The second-order valence-corrected chi connectivity index (χ2v) is 3.49. The summed E-state index contributed by atoms with van der Waals surface area (Å²) in [6.45, 7) is 0. The van der Waals surface area contributed by atoms with Gasteiger partial charge in [0.25, 0.3) is 0 Å². The Balaban J connectivity index is 2.80. The number of fused-ring (bicyclic) bond motifs is 1. The van der Waals surface area contributed by atoms with Crippen LogP contribution in [0, 0.1) is 0 Å². The topological polar surface area (TPSA) is 63.9 Å². The van der Waals surface area contributed by atoms with Gasteiger partial charge in [-0.2, -0.15) is 5.10 Å². The molecule has 0 amide bonds. The Morgan fingerprint density at radius 2 is 2.31 bits per heavy atom. The van der Waals surface area contributed by atoms with Crippen LogP contribution in [0.15, 0.2) is 16.6 Å². The third-order valence-corrected chi connectivity index (χ3v) is 2.49. The van der Waals surface area contributed by atoms with Crippen molar-refractivity contribution in [2.75, 3.05) is 12.8 Å². The van der Waals surface area contributed by atoms with Crippen LogP contribution >= 0.6 is 15.9 Å². The Labute approximate surface area is 83.2 Å². The number of nitrogen functional groups attached to an aromatic ring is 1.